The van der Waals surface area contributed by atoms with E-state index in [0.717, 1.165) is 0 Å². The average molecular weight is 465 g/mol. The molecular weight excluding hydrogens is 428 g/mol. The molecule has 32 heavy (non-hydrogen) atoms. The highest BCUT2D eigenvalue weighted by atomic mass is 16.7. The summed E-state index contributed by atoms with van der Waals surface area (Å²) in [7, 11) is 0. The molecule has 3 saturated heterocycles. The van der Waals surface area contributed by atoms with Gasteiger partial charge in [-0.05, 0) is 33.6 Å². The van der Waals surface area contributed by atoms with Gasteiger partial charge in [-0.15, -0.1) is 6.58 Å². The van der Waals surface area contributed by atoms with Gasteiger partial charge in [-0.25, -0.2) is 0 Å². The third-order valence-corrected chi connectivity index (χ3v) is 6.45. The van der Waals surface area contributed by atoms with Gasteiger partial charge in [0.15, 0.2) is 12.6 Å². The zero-order valence-corrected chi connectivity index (χ0v) is 18.6. The van der Waals surface area contributed by atoms with Gasteiger partial charge in [0.2, 0.25) is 0 Å². The predicted octanol–water partition coefficient (Wildman–Crippen LogP) is -1.83. The average Bonchev–Trinajstić information content (AvgIpc) is 2.74. The number of ether oxygens (including phenoxy) is 5. The minimum Gasteiger partial charge on any atom is -0.388 e. The Morgan fingerprint density at radius 3 is 2.22 bits per heavy atom. The number of hydrogen-bond acceptors (Lipinski definition) is 11. The van der Waals surface area contributed by atoms with Crippen LogP contribution in [0.2, 0.25) is 0 Å². The summed E-state index contributed by atoms with van der Waals surface area (Å²) >= 11 is 0. The van der Waals surface area contributed by atoms with Crippen molar-refractivity contribution in [1.29, 1.82) is 0 Å². The number of rotatable bonds is 6. The van der Waals surface area contributed by atoms with E-state index in [1.165, 1.54) is 0 Å². The molecule has 0 unspecified atom stereocenters. The molecule has 0 aromatic rings. The van der Waals surface area contributed by atoms with Gasteiger partial charge in [-0.3, -0.25) is 0 Å². The van der Waals surface area contributed by atoms with E-state index in [2.05, 4.69) is 6.58 Å². The van der Waals surface area contributed by atoms with Crippen molar-refractivity contribution < 1.29 is 54.3 Å². The van der Waals surface area contributed by atoms with Crippen LogP contribution in [0.4, 0.5) is 0 Å². The molecule has 186 valence electrons. The summed E-state index contributed by atoms with van der Waals surface area (Å²) in [5, 5.41) is 60.3. The minimum absolute atomic E-state index is 0.246. The van der Waals surface area contributed by atoms with Crippen LogP contribution in [0.1, 0.15) is 33.6 Å². The van der Waals surface area contributed by atoms with Crippen molar-refractivity contribution in [3.8, 4) is 0 Å². The van der Waals surface area contributed by atoms with Gasteiger partial charge in [-0.1, -0.05) is 6.08 Å². The third-order valence-electron chi connectivity index (χ3n) is 6.45. The summed E-state index contributed by atoms with van der Waals surface area (Å²) in [6.07, 6.45) is -9.98. The molecule has 3 heterocycles. The normalized spacial score (nSPS) is 49.5. The van der Waals surface area contributed by atoms with Crippen molar-refractivity contribution in [2.45, 2.75) is 106 Å². The monoisotopic (exact) mass is 464 g/mol. The molecule has 3 fully saturated rings. The Kier molecular flexibility index (Phi) is 8.00. The quantitative estimate of drug-likeness (QED) is 0.245. The molecule has 11 nitrogen and oxygen atoms in total. The highest BCUT2D eigenvalue weighted by molar-refractivity contribution is 5.02. The van der Waals surface area contributed by atoms with E-state index in [-0.39, 0.29) is 13.2 Å². The molecule has 0 aromatic heterocycles. The second-order valence-electron chi connectivity index (χ2n) is 9.48. The van der Waals surface area contributed by atoms with E-state index in [9.17, 15) is 30.6 Å². The predicted molar refractivity (Wildman–Crippen MR) is 108 cm³/mol. The fourth-order valence-corrected chi connectivity index (χ4v) is 4.30. The molecule has 0 spiro atoms. The van der Waals surface area contributed by atoms with Crippen LogP contribution in [-0.4, -0.2) is 116 Å². The van der Waals surface area contributed by atoms with Crippen molar-refractivity contribution in [3.63, 3.8) is 0 Å². The highest BCUT2D eigenvalue weighted by Gasteiger charge is 2.50. The summed E-state index contributed by atoms with van der Waals surface area (Å²) in [5.74, 6) is 0. The Morgan fingerprint density at radius 2 is 1.59 bits per heavy atom. The van der Waals surface area contributed by atoms with Gasteiger partial charge >= 0.3 is 0 Å². The van der Waals surface area contributed by atoms with E-state index in [4.69, 9.17) is 23.7 Å². The van der Waals surface area contributed by atoms with Crippen molar-refractivity contribution in [2.75, 3.05) is 13.2 Å². The molecule has 11 heteroatoms. The minimum atomic E-state index is -1.57. The van der Waals surface area contributed by atoms with Crippen LogP contribution in [0.5, 0.6) is 0 Å². The Balaban J connectivity index is 1.62. The summed E-state index contributed by atoms with van der Waals surface area (Å²) < 4.78 is 28.4. The van der Waals surface area contributed by atoms with Gasteiger partial charge in [0.1, 0.15) is 42.7 Å². The molecule has 11 atom stereocenters. The van der Waals surface area contributed by atoms with Gasteiger partial charge in [-0.2, -0.15) is 0 Å². The van der Waals surface area contributed by atoms with Crippen LogP contribution in [0, 0.1) is 0 Å². The van der Waals surface area contributed by atoms with E-state index in [1.54, 1.807) is 6.08 Å². The van der Waals surface area contributed by atoms with Crippen molar-refractivity contribution >= 4 is 0 Å². The maximum absolute atomic E-state index is 10.4. The van der Waals surface area contributed by atoms with E-state index < -0.39 is 72.6 Å². The van der Waals surface area contributed by atoms with Gasteiger partial charge in [0, 0.05) is 0 Å². The van der Waals surface area contributed by atoms with Crippen LogP contribution >= 0.6 is 0 Å². The standard InChI is InChI=1S/C21H36O11/c1-5-21(4)7-6-12(20(2,3)32-21)31-19-17(27)15(25)14(24)11(30-19)9-29-18-16(26)13(23)10(22)8-28-18/h5,10-19,22-27H,1,6-9H2,2-4H3/t10-,11-,12-,13+,14-,15+,16-,17-,18+,19+,21-/m1/s1. The Hall–Kier alpha value is -0.700. The maximum Gasteiger partial charge on any atom is 0.187 e. The Labute approximate surface area is 187 Å². The lowest BCUT2D eigenvalue weighted by atomic mass is 9.85. The first kappa shape index (κ1) is 25.9. The molecule has 3 aliphatic rings. The van der Waals surface area contributed by atoms with Crippen LogP contribution in [0.3, 0.4) is 0 Å². The molecule has 6 N–H and O–H groups in total. The Bertz CT molecular complexity index is 645. The molecule has 0 aromatic carbocycles. The third kappa shape index (κ3) is 5.34. The maximum atomic E-state index is 10.4. The molecule has 3 aliphatic heterocycles. The number of aliphatic hydroxyl groups excluding tert-OH is 6. The highest BCUT2D eigenvalue weighted by Crippen LogP contribution is 2.39. The van der Waals surface area contributed by atoms with Gasteiger partial charge < -0.3 is 54.3 Å². The van der Waals surface area contributed by atoms with Crippen molar-refractivity contribution in [1.82, 2.24) is 0 Å². The molecule has 3 rings (SSSR count). The summed E-state index contributed by atoms with van der Waals surface area (Å²) in [5.41, 5.74) is -1.26. The molecule has 0 bridgehead atoms. The van der Waals surface area contributed by atoms with Crippen LogP contribution in [0.25, 0.3) is 0 Å². The second kappa shape index (κ2) is 9.88. The van der Waals surface area contributed by atoms with Crippen LogP contribution in [-0.2, 0) is 23.7 Å². The first-order valence-corrected chi connectivity index (χ1v) is 10.8. The molecule has 0 aliphatic carbocycles. The van der Waals surface area contributed by atoms with Gasteiger partial charge in [0.25, 0.3) is 0 Å². The lowest BCUT2D eigenvalue weighted by molar-refractivity contribution is -0.344. The SMILES string of the molecule is C=C[C@]1(C)CC[C@@H](O[C@@H]2O[C@H](CO[C@@H]3OC[C@@H](O)[C@H](O)[C@H]3O)[C@@H](O)[C@H](O)[C@H]2O)C(C)(C)O1. The van der Waals surface area contributed by atoms with Crippen LogP contribution in [0.15, 0.2) is 12.7 Å². The van der Waals surface area contributed by atoms with E-state index >= 15 is 0 Å². The first-order chi connectivity index (χ1) is 14.9. The largest absolute Gasteiger partial charge is 0.388 e. The molecule has 0 amide bonds. The van der Waals surface area contributed by atoms with E-state index in [0.29, 0.717) is 12.8 Å². The number of hydrogen-bond donors (Lipinski definition) is 6. The zero-order valence-electron chi connectivity index (χ0n) is 18.6. The van der Waals surface area contributed by atoms with Crippen molar-refractivity contribution in [2.24, 2.45) is 0 Å². The van der Waals surface area contributed by atoms with Crippen molar-refractivity contribution in [3.05, 3.63) is 12.7 Å². The number of aliphatic hydroxyl groups is 6. The summed E-state index contributed by atoms with van der Waals surface area (Å²) in [6.45, 7) is 8.85. The Morgan fingerprint density at radius 1 is 0.938 bits per heavy atom. The van der Waals surface area contributed by atoms with E-state index in [1.807, 2.05) is 20.8 Å². The topological polar surface area (TPSA) is 168 Å². The molecule has 0 saturated carbocycles. The lowest BCUT2D eigenvalue weighted by Crippen LogP contribution is -2.62. The fourth-order valence-electron chi connectivity index (χ4n) is 4.30. The lowest BCUT2D eigenvalue weighted by Gasteiger charge is -2.49. The second-order valence-corrected chi connectivity index (χ2v) is 9.48. The summed E-state index contributed by atoms with van der Waals surface area (Å²) in [6, 6.07) is 0. The summed E-state index contributed by atoms with van der Waals surface area (Å²) in [4.78, 5) is 0. The fraction of sp³-hybridized carbons (Fsp3) is 0.905. The van der Waals surface area contributed by atoms with Gasteiger partial charge in [0.05, 0.1) is 30.5 Å². The first-order valence-electron chi connectivity index (χ1n) is 10.8. The zero-order chi connectivity index (χ0) is 23.8. The smallest absolute Gasteiger partial charge is 0.187 e. The molecule has 0 radical (unpaired) electrons. The van der Waals surface area contributed by atoms with Crippen LogP contribution < -0.4 is 0 Å². The molecular formula is C21H36O11.